The van der Waals surface area contributed by atoms with Crippen molar-refractivity contribution < 1.29 is 39.2 Å². The van der Waals surface area contributed by atoms with Crippen molar-refractivity contribution in [3.63, 3.8) is 0 Å². The molecule has 33 heavy (non-hydrogen) atoms. The zero-order valence-corrected chi connectivity index (χ0v) is 19.4. The summed E-state index contributed by atoms with van der Waals surface area (Å²) in [5.41, 5.74) is -1.25. The van der Waals surface area contributed by atoms with Gasteiger partial charge < -0.3 is 24.8 Å². The number of aliphatic hydroxyl groups excluding tert-OH is 3. The molecule has 180 valence electrons. The van der Waals surface area contributed by atoms with Gasteiger partial charge in [0.1, 0.15) is 18.3 Å². The van der Waals surface area contributed by atoms with Gasteiger partial charge in [0.2, 0.25) is 0 Å². The van der Waals surface area contributed by atoms with E-state index in [0.29, 0.717) is 12.0 Å². The number of ether oxygens (including phenoxy) is 2. The second-order valence-electron chi connectivity index (χ2n) is 11.3. The molecule has 2 aliphatic heterocycles. The average Bonchev–Trinajstić information content (AvgIpc) is 3.12. The van der Waals surface area contributed by atoms with Gasteiger partial charge in [-0.1, -0.05) is 26.3 Å². The van der Waals surface area contributed by atoms with Crippen molar-refractivity contribution in [1.29, 1.82) is 0 Å². The summed E-state index contributed by atoms with van der Waals surface area (Å²) in [6.07, 6.45) is 0.0308. The van der Waals surface area contributed by atoms with Crippen LogP contribution in [0.1, 0.15) is 47.0 Å². The number of esters is 2. The Kier molecular flexibility index (Phi) is 4.82. The molecular weight excluding hydrogens is 428 g/mol. The second-order valence-corrected chi connectivity index (χ2v) is 11.3. The standard InChI is InChI=1S/C25H32O8/c1-11-5-14(27)21(31)24(3)13(11)7-17-25(4)16(8-19(30)32-17)23(2,9-15(28)20(24)25)22-12(10-26)6-18(29)33-22/h5,8,12-13,15,17,20-22,26,28,31H,6-7,9-10H2,1-4H3/t12-,13+,15-,17-,20-,21+,22+,23-,24+,25-/m1/s1. The first-order valence-electron chi connectivity index (χ1n) is 11.7. The van der Waals surface area contributed by atoms with Crippen LogP contribution in [-0.2, 0) is 23.9 Å². The lowest BCUT2D eigenvalue weighted by atomic mass is 9.38. The maximum Gasteiger partial charge on any atom is 0.331 e. The van der Waals surface area contributed by atoms with Crippen molar-refractivity contribution in [3.05, 3.63) is 23.3 Å². The molecule has 5 rings (SSSR count). The molecule has 0 aromatic rings. The van der Waals surface area contributed by atoms with Crippen molar-refractivity contribution in [2.75, 3.05) is 6.61 Å². The monoisotopic (exact) mass is 460 g/mol. The first-order chi connectivity index (χ1) is 15.4. The van der Waals surface area contributed by atoms with Gasteiger partial charge in [0.15, 0.2) is 5.78 Å². The van der Waals surface area contributed by atoms with E-state index in [9.17, 15) is 29.7 Å². The Morgan fingerprint density at radius 1 is 1.09 bits per heavy atom. The molecule has 5 aliphatic rings. The van der Waals surface area contributed by atoms with Crippen molar-refractivity contribution >= 4 is 17.7 Å². The normalized spacial score (nSPS) is 51.1. The van der Waals surface area contributed by atoms with E-state index >= 15 is 0 Å². The van der Waals surface area contributed by atoms with E-state index in [1.807, 2.05) is 27.7 Å². The summed E-state index contributed by atoms with van der Waals surface area (Å²) in [7, 11) is 0. The van der Waals surface area contributed by atoms with Gasteiger partial charge in [0.05, 0.1) is 19.1 Å². The second kappa shape index (κ2) is 6.99. The Labute approximate surface area is 192 Å². The molecule has 0 radical (unpaired) electrons. The lowest BCUT2D eigenvalue weighted by Gasteiger charge is -2.68. The lowest BCUT2D eigenvalue weighted by Crippen LogP contribution is -2.71. The molecule has 2 heterocycles. The predicted molar refractivity (Wildman–Crippen MR) is 114 cm³/mol. The minimum atomic E-state index is -1.29. The third-order valence-electron chi connectivity index (χ3n) is 9.68. The average molecular weight is 461 g/mol. The molecule has 0 unspecified atom stereocenters. The van der Waals surface area contributed by atoms with Crippen LogP contribution in [0.3, 0.4) is 0 Å². The Balaban J connectivity index is 1.70. The fourth-order valence-electron chi connectivity index (χ4n) is 8.43. The van der Waals surface area contributed by atoms with Crippen LogP contribution >= 0.6 is 0 Å². The summed E-state index contributed by atoms with van der Waals surface area (Å²) in [5.74, 6) is -2.55. The molecule has 3 fully saturated rings. The molecular formula is C25H32O8. The molecule has 0 aromatic carbocycles. The fourth-order valence-corrected chi connectivity index (χ4v) is 8.43. The summed E-state index contributed by atoms with van der Waals surface area (Å²) >= 11 is 0. The number of hydrogen-bond acceptors (Lipinski definition) is 8. The highest BCUT2D eigenvalue weighted by Gasteiger charge is 2.72. The highest BCUT2D eigenvalue weighted by atomic mass is 16.6. The zero-order chi connectivity index (χ0) is 24.1. The Bertz CT molecular complexity index is 998. The number of allylic oxidation sites excluding steroid dienone is 1. The van der Waals surface area contributed by atoms with Crippen LogP contribution in [0.4, 0.5) is 0 Å². The topological polar surface area (TPSA) is 130 Å². The van der Waals surface area contributed by atoms with Crippen LogP contribution in [-0.4, -0.2) is 64.1 Å². The van der Waals surface area contributed by atoms with E-state index in [0.717, 1.165) is 5.57 Å². The third kappa shape index (κ3) is 2.71. The van der Waals surface area contributed by atoms with E-state index in [1.54, 1.807) is 0 Å². The molecule has 3 aliphatic carbocycles. The van der Waals surface area contributed by atoms with Crippen molar-refractivity contribution in [2.45, 2.75) is 71.4 Å². The maximum absolute atomic E-state index is 12.8. The van der Waals surface area contributed by atoms with Crippen LogP contribution in [0.15, 0.2) is 23.3 Å². The van der Waals surface area contributed by atoms with Crippen molar-refractivity contribution in [2.24, 2.45) is 34.0 Å². The zero-order valence-electron chi connectivity index (χ0n) is 19.4. The van der Waals surface area contributed by atoms with Gasteiger partial charge in [-0.15, -0.1) is 0 Å². The van der Waals surface area contributed by atoms with Gasteiger partial charge in [-0.2, -0.15) is 0 Å². The first-order valence-corrected chi connectivity index (χ1v) is 11.7. The first kappa shape index (κ1) is 22.7. The quantitative estimate of drug-likeness (QED) is 0.522. The SMILES string of the molecule is CC1=CC(=O)[C@H](O)[C@@]2(C)[C@H]1C[C@H]1OC(=O)C=C3[C@@]1(C)[C@@H]2[C@H](O)C[C@@]3(C)[C@H]1OC(=O)C[C@@H]1CO. The number of aliphatic hydroxyl groups is 3. The van der Waals surface area contributed by atoms with Crippen molar-refractivity contribution in [3.8, 4) is 0 Å². The number of cyclic esters (lactones) is 1. The molecule has 0 spiro atoms. The Morgan fingerprint density at radius 3 is 2.45 bits per heavy atom. The third-order valence-corrected chi connectivity index (χ3v) is 9.68. The smallest absolute Gasteiger partial charge is 0.331 e. The van der Waals surface area contributed by atoms with Gasteiger partial charge in [-0.05, 0) is 37.3 Å². The lowest BCUT2D eigenvalue weighted by molar-refractivity contribution is -0.232. The van der Waals surface area contributed by atoms with Gasteiger partial charge in [0.25, 0.3) is 0 Å². The van der Waals surface area contributed by atoms with Gasteiger partial charge in [-0.25, -0.2) is 4.79 Å². The van der Waals surface area contributed by atoms with Crippen LogP contribution in [0.5, 0.6) is 0 Å². The minimum absolute atomic E-state index is 0.0745. The Hall–Kier alpha value is -2.03. The summed E-state index contributed by atoms with van der Waals surface area (Å²) in [4.78, 5) is 37.6. The summed E-state index contributed by atoms with van der Waals surface area (Å²) in [5, 5.41) is 32.8. The molecule has 8 heteroatoms. The number of hydrogen-bond donors (Lipinski definition) is 3. The van der Waals surface area contributed by atoms with Crippen LogP contribution in [0.2, 0.25) is 0 Å². The van der Waals surface area contributed by atoms with E-state index in [1.165, 1.54) is 12.2 Å². The van der Waals surface area contributed by atoms with E-state index < -0.39 is 64.4 Å². The molecule has 1 saturated heterocycles. The molecule has 2 saturated carbocycles. The van der Waals surface area contributed by atoms with Crippen molar-refractivity contribution in [1.82, 2.24) is 0 Å². The van der Waals surface area contributed by atoms with Crippen LogP contribution in [0.25, 0.3) is 0 Å². The van der Waals surface area contributed by atoms with E-state index in [2.05, 4.69) is 0 Å². The number of ketones is 1. The highest BCUT2D eigenvalue weighted by Crippen LogP contribution is 2.70. The summed E-state index contributed by atoms with van der Waals surface area (Å²) in [6, 6.07) is 0. The Morgan fingerprint density at radius 2 is 1.79 bits per heavy atom. The largest absolute Gasteiger partial charge is 0.461 e. The molecule has 0 bridgehead atoms. The molecule has 3 N–H and O–H groups in total. The fraction of sp³-hybridized carbons (Fsp3) is 0.720. The molecule has 0 aromatic heterocycles. The number of fused-ring (bicyclic) bond motifs is 2. The summed E-state index contributed by atoms with van der Waals surface area (Å²) in [6.45, 7) is 7.25. The molecule has 10 atom stereocenters. The summed E-state index contributed by atoms with van der Waals surface area (Å²) < 4.78 is 11.5. The van der Waals surface area contributed by atoms with Gasteiger partial charge in [0, 0.05) is 34.2 Å². The highest BCUT2D eigenvalue weighted by molar-refractivity contribution is 5.96. The number of carbonyl (C=O) groups excluding carboxylic acids is 3. The maximum atomic E-state index is 12.8. The molecule has 0 amide bonds. The van der Waals surface area contributed by atoms with E-state index in [-0.39, 0.29) is 31.1 Å². The number of carbonyl (C=O) groups is 3. The van der Waals surface area contributed by atoms with E-state index in [4.69, 9.17) is 9.47 Å². The van der Waals surface area contributed by atoms with Crippen LogP contribution < -0.4 is 0 Å². The van der Waals surface area contributed by atoms with Gasteiger partial charge in [-0.3, -0.25) is 9.59 Å². The molecule has 8 nitrogen and oxygen atoms in total. The predicted octanol–water partition coefficient (Wildman–Crippen LogP) is 1.07. The van der Waals surface area contributed by atoms with Gasteiger partial charge >= 0.3 is 11.9 Å². The number of rotatable bonds is 2. The minimum Gasteiger partial charge on any atom is -0.461 e. The van der Waals surface area contributed by atoms with Crippen LogP contribution in [0, 0.1) is 34.0 Å².